The largest absolute Gasteiger partial charge is 0.392 e. The maximum atomic E-state index is 9.47. The minimum absolute atomic E-state index is 0.188. The number of aliphatic hydroxyl groups is 1. The zero-order chi connectivity index (χ0) is 8.27. The van der Waals surface area contributed by atoms with Crippen LogP contribution in [0.2, 0.25) is 0 Å². The predicted molar refractivity (Wildman–Crippen MR) is 50.1 cm³/mol. The maximum absolute atomic E-state index is 9.47. The second-order valence-corrected chi connectivity index (χ2v) is 3.76. The standard InChI is InChI=1S/C8H17NOS/c1-9-4-2-7(3-5-9)8(10)6-11/h7-8,10-11H,2-6H2,1H3. The third-order valence-corrected chi connectivity index (χ3v) is 2.87. The van der Waals surface area contributed by atoms with Gasteiger partial charge in [-0.1, -0.05) is 0 Å². The summed E-state index contributed by atoms with van der Waals surface area (Å²) in [7, 11) is 2.13. The van der Waals surface area contributed by atoms with E-state index >= 15 is 0 Å². The molecule has 1 atom stereocenters. The van der Waals surface area contributed by atoms with Crippen LogP contribution in [0.15, 0.2) is 0 Å². The number of piperidine rings is 1. The lowest BCUT2D eigenvalue weighted by Gasteiger charge is -2.31. The molecule has 0 radical (unpaired) electrons. The number of likely N-dealkylation sites (tertiary alicyclic amines) is 1. The number of hydrogen-bond acceptors (Lipinski definition) is 3. The summed E-state index contributed by atoms with van der Waals surface area (Å²) in [5, 5.41) is 9.47. The molecule has 1 saturated heterocycles. The molecular weight excluding hydrogens is 158 g/mol. The van der Waals surface area contributed by atoms with Crippen LogP contribution in [0.1, 0.15) is 12.8 Å². The summed E-state index contributed by atoms with van der Waals surface area (Å²) >= 11 is 4.08. The highest BCUT2D eigenvalue weighted by atomic mass is 32.1. The van der Waals surface area contributed by atoms with E-state index in [0.29, 0.717) is 11.7 Å². The van der Waals surface area contributed by atoms with Crippen LogP contribution < -0.4 is 0 Å². The smallest absolute Gasteiger partial charge is 0.0657 e. The van der Waals surface area contributed by atoms with E-state index in [1.165, 1.54) is 0 Å². The summed E-state index contributed by atoms with van der Waals surface area (Å²) in [5.74, 6) is 1.10. The monoisotopic (exact) mass is 175 g/mol. The predicted octanol–water partition coefficient (Wildman–Crippen LogP) is 0.619. The van der Waals surface area contributed by atoms with Crippen LogP contribution in [0.4, 0.5) is 0 Å². The van der Waals surface area contributed by atoms with E-state index in [1.807, 2.05) is 0 Å². The van der Waals surface area contributed by atoms with Gasteiger partial charge >= 0.3 is 0 Å². The van der Waals surface area contributed by atoms with E-state index in [-0.39, 0.29) is 6.10 Å². The average molecular weight is 175 g/mol. The fraction of sp³-hybridized carbons (Fsp3) is 1.00. The van der Waals surface area contributed by atoms with Gasteiger partial charge in [-0.15, -0.1) is 0 Å². The van der Waals surface area contributed by atoms with Gasteiger partial charge in [0.1, 0.15) is 0 Å². The molecule has 0 spiro atoms. The van der Waals surface area contributed by atoms with Gasteiger partial charge in [-0.25, -0.2) is 0 Å². The van der Waals surface area contributed by atoms with Crippen molar-refractivity contribution in [3.63, 3.8) is 0 Å². The van der Waals surface area contributed by atoms with Gasteiger partial charge < -0.3 is 10.0 Å². The molecular formula is C8H17NOS. The van der Waals surface area contributed by atoms with Gasteiger partial charge in [-0.2, -0.15) is 12.6 Å². The minimum atomic E-state index is -0.188. The second-order valence-electron chi connectivity index (χ2n) is 3.39. The Morgan fingerprint density at radius 3 is 2.55 bits per heavy atom. The molecule has 0 aliphatic carbocycles. The zero-order valence-corrected chi connectivity index (χ0v) is 7.93. The molecule has 1 aliphatic heterocycles. The number of rotatable bonds is 2. The molecule has 1 unspecified atom stereocenters. The molecule has 1 rings (SSSR count). The summed E-state index contributed by atoms with van der Waals surface area (Å²) in [6.07, 6.45) is 2.06. The summed E-state index contributed by atoms with van der Waals surface area (Å²) in [5.41, 5.74) is 0. The number of hydrogen-bond donors (Lipinski definition) is 2. The molecule has 0 aromatic rings. The van der Waals surface area contributed by atoms with Crippen LogP contribution in [0, 0.1) is 5.92 Å². The average Bonchev–Trinajstić information content (AvgIpc) is 2.05. The lowest BCUT2D eigenvalue weighted by atomic mass is 9.92. The van der Waals surface area contributed by atoms with Crippen molar-refractivity contribution in [3.8, 4) is 0 Å². The molecule has 1 aliphatic rings. The summed E-state index contributed by atoms with van der Waals surface area (Å²) in [6.45, 7) is 2.24. The zero-order valence-electron chi connectivity index (χ0n) is 7.03. The third-order valence-electron chi connectivity index (χ3n) is 2.49. The van der Waals surface area contributed by atoms with E-state index in [2.05, 4.69) is 24.6 Å². The molecule has 0 bridgehead atoms. The molecule has 66 valence electrons. The molecule has 3 heteroatoms. The quantitative estimate of drug-likeness (QED) is 0.601. The van der Waals surface area contributed by atoms with Gasteiger partial charge in [-0.05, 0) is 38.9 Å². The van der Waals surface area contributed by atoms with Gasteiger partial charge in [0.2, 0.25) is 0 Å². The van der Waals surface area contributed by atoms with Crippen molar-refractivity contribution in [2.75, 3.05) is 25.9 Å². The van der Waals surface area contributed by atoms with Crippen molar-refractivity contribution in [2.45, 2.75) is 18.9 Å². The number of nitrogens with zero attached hydrogens (tertiary/aromatic N) is 1. The van der Waals surface area contributed by atoms with E-state index in [9.17, 15) is 5.11 Å². The molecule has 11 heavy (non-hydrogen) atoms. The molecule has 0 amide bonds. The van der Waals surface area contributed by atoms with Crippen molar-refractivity contribution in [3.05, 3.63) is 0 Å². The molecule has 1 N–H and O–H groups in total. The van der Waals surface area contributed by atoms with E-state index in [1.54, 1.807) is 0 Å². The SMILES string of the molecule is CN1CCC(C(O)CS)CC1. The summed E-state index contributed by atoms with van der Waals surface area (Å²) in [4.78, 5) is 2.31. The summed E-state index contributed by atoms with van der Waals surface area (Å²) < 4.78 is 0. The van der Waals surface area contributed by atoms with Crippen molar-refractivity contribution in [1.82, 2.24) is 4.90 Å². The Labute approximate surface area is 74.0 Å². The van der Waals surface area contributed by atoms with Gasteiger partial charge in [0, 0.05) is 5.75 Å². The third kappa shape index (κ3) is 2.65. The van der Waals surface area contributed by atoms with Crippen molar-refractivity contribution in [1.29, 1.82) is 0 Å². The maximum Gasteiger partial charge on any atom is 0.0657 e. The summed E-state index contributed by atoms with van der Waals surface area (Å²) in [6, 6.07) is 0. The lowest BCUT2D eigenvalue weighted by Crippen LogP contribution is -2.36. The molecule has 2 nitrogen and oxygen atoms in total. The van der Waals surface area contributed by atoms with E-state index < -0.39 is 0 Å². The lowest BCUT2D eigenvalue weighted by molar-refractivity contribution is 0.0833. The Morgan fingerprint density at radius 2 is 2.09 bits per heavy atom. The van der Waals surface area contributed by atoms with Crippen molar-refractivity contribution in [2.24, 2.45) is 5.92 Å². The first kappa shape index (κ1) is 9.36. The van der Waals surface area contributed by atoms with Crippen LogP contribution in [0.3, 0.4) is 0 Å². The fourth-order valence-electron chi connectivity index (χ4n) is 1.56. The van der Waals surface area contributed by atoms with Crippen LogP contribution in [-0.2, 0) is 0 Å². The fourth-order valence-corrected chi connectivity index (χ4v) is 1.86. The Bertz CT molecular complexity index is 113. The molecule has 1 heterocycles. The number of aliphatic hydroxyl groups excluding tert-OH is 1. The Balaban J connectivity index is 2.27. The first-order valence-corrected chi connectivity index (χ1v) is 4.84. The van der Waals surface area contributed by atoms with Crippen molar-refractivity contribution >= 4 is 12.6 Å². The van der Waals surface area contributed by atoms with Crippen LogP contribution >= 0.6 is 12.6 Å². The highest BCUT2D eigenvalue weighted by molar-refractivity contribution is 7.80. The van der Waals surface area contributed by atoms with E-state index in [4.69, 9.17) is 0 Å². The Kier molecular flexibility index (Phi) is 3.69. The van der Waals surface area contributed by atoms with Gasteiger partial charge in [0.05, 0.1) is 6.10 Å². The van der Waals surface area contributed by atoms with Gasteiger partial charge in [-0.3, -0.25) is 0 Å². The molecule has 0 aromatic carbocycles. The van der Waals surface area contributed by atoms with Crippen LogP contribution in [0.25, 0.3) is 0 Å². The Hall–Kier alpha value is 0.270. The highest BCUT2D eigenvalue weighted by Crippen LogP contribution is 2.20. The normalized spacial score (nSPS) is 25.4. The number of thiol groups is 1. The van der Waals surface area contributed by atoms with E-state index in [0.717, 1.165) is 25.9 Å². The highest BCUT2D eigenvalue weighted by Gasteiger charge is 2.22. The second kappa shape index (κ2) is 4.33. The minimum Gasteiger partial charge on any atom is -0.392 e. The molecule has 0 saturated carbocycles. The van der Waals surface area contributed by atoms with Crippen LogP contribution in [-0.4, -0.2) is 42.0 Å². The van der Waals surface area contributed by atoms with Gasteiger partial charge in [0.25, 0.3) is 0 Å². The van der Waals surface area contributed by atoms with Gasteiger partial charge in [0.15, 0.2) is 0 Å². The molecule has 1 fully saturated rings. The first-order chi connectivity index (χ1) is 5.24. The van der Waals surface area contributed by atoms with Crippen LogP contribution in [0.5, 0.6) is 0 Å². The first-order valence-electron chi connectivity index (χ1n) is 4.21. The molecule has 0 aromatic heterocycles. The van der Waals surface area contributed by atoms with Crippen molar-refractivity contribution < 1.29 is 5.11 Å². The topological polar surface area (TPSA) is 23.5 Å². The Morgan fingerprint density at radius 1 is 1.55 bits per heavy atom.